The van der Waals surface area contributed by atoms with Gasteiger partial charge in [-0.2, -0.15) is 0 Å². The first kappa shape index (κ1) is 13.5. The first-order valence-corrected chi connectivity index (χ1v) is 6.35. The highest BCUT2D eigenvalue weighted by atomic mass is 16.1. The van der Waals surface area contributed by atoms with E-state index in [4.69, 9.17) is 5.73 Å². The minimum Gasteiger partial charge on any atom is -0.352 e. The Morgan fingerprint density at radius 3 is 2.81 bits per heavy atom. The van der Waals surface area contributed by atoms with Gasteiger partial charge in [0.25, 0.3) is 0 Å². The zero-order chi connectivity index (χ0) is 12.0. The van der Waals surface area contributed by atoms with Crippen molar-refractivity contribution in [2.75, 3.05) is 26.2 Å². The third-order valence-electron chi connectivity index (χ3n) is 3.16. The molecular weight excluding hydrogens is 202 g/mol. The number of amides is 1. The molecule has 0 aromatic heterocycles. The molecule has 0 aliphatic carbocycles. The zero-order valence-electron chi connectivity index (χ0n) is 10.5. The maximum Gasteiger partial charge on any atom is 0.217 e. The summed E-state index contributed by atoms with van der Waals surface area (Å²) in [5, 5.41) is 3.04. The molecule has 16 heavy (non-hydrogen) atoms. The molecule has 94 valence electrons. The van der Waals surface area contributed by atoms with Crippen molar-refractivity contribution in [1.82, 2.24) is 10.2 Å². The number of nitrogens with one attached hydrogen (secondary N) is 1. The van der Waals surface area contributed by atoms with Gasteiger partial charge >= 0.3 is 0 Å². The van der Waals surface area contributed by atoms with Gasteiger partial charge in [0.2, 0.25) is 5.91 Å². The van der Waals surface area contributed by atoms with Gasteiger partial charge in [-0.1, -0.05) is 13.3 Å². The molecule has 1 aliphatic heterocycles. The highest BCUT2D eigenvalue weighted by Gasteiger charge is 2.26. The van der Waals surface area contributed by atoms with E-state index in [0.717, 1.165) is 26.1 Å². The van der Waals surface area contributed by atoms with Gasteiger partial charge in [-0.05, 0) is 18.8 Å². The van der Waals surface area contributed by atoms with E-state index in [9.17, 15) is 4.79 Å². The minimum absolute atomic E-state index is 0.0786. The van der Waals surface area contributed by atoms with Crippen LogP contribution >= 0.6 is 0 Å². The van der Waals surface area contributed by atoms with Gasteiger partial charge in [-0.15, -0.1) is 0 Å². The number of likely N-dealkylation sites (tertiary alicyclic amines) is 1. The second-order valence-corrected chi connectivity index (χ2v) is 4.84. The molecule has 4 heteroatoms. The van der Waals surface area contributed by atoms with E-state index in [1.165, 1.54) is 12.8 Å². The van der Waals surface area contributed by atoms with E-state index in [1.54, 1.807) is 6.92 Å². The SMILES string of the molecule is CCCC1CC(NC(C)=O)CN(CCN)C1. The summed E-state index contributed by atoms with van der Waals surface area (Å²) < 4.78 is 0. The predicted molar refractivity (Wildman–Crippen MR) is 66.1 cm³/mol. The maximum absolute atomic E-state index is 11.1. The molecule has 1 heterocycles. The fourth-order valence-corrected chi connectivity index (χ4v) is 2.68. The topological polar surface area (TPSA) is 58.4 Å². The molecule has 3 N–H and O–H groups in total. The number of hydrogen-bond acceptors (Lipinski definition) is 3. The van der Waals surface area contributed by atoms with Gasteiger partial charge in [0, 0.05) is 39.1 Å². The quantitative estimate of drug-likeness (QED) is 0.722. The maximum atomic E-state index is 11.1. The highest BCUT2D eigenvalue weighted by Crippen LogP contribution is 2.21. The first-order chi connectivity index (χ1) is 7.65. The molecular formula is C12H25N3O. The van der Waals surface area contributed by atoms with E-state index in [2.05, 4.69) is 17.1 Å². The van der Waals surface area contributed by atoms with Crippen LogP contribution in [0.15, 0.2) is 0 Å². The summed E-state index contributed by atoms with van der Waals surface area (Å²) in [6, 6.07) is 0.314. The molecule has 4 nitrogen and oxygen atoms in total. The monoisotopic (exact) mass is 227 g/mol. The Kier molecular flexibility index (Phi) is 5.77. The Labute approximate surface area is 98.6 Å². The number of piperidine rings is 1. The molecule has 0 saturated carbocycles. The smallest absolute Gasteiger partial charge is 0.217 e. The van der Waals surface area contributed by atoms with Crippen molar-refractivity contribution in [3.05, 3.63) is 0 Å². The first-order valence-electron chi connectivity index (χ1n) is 6.35. The molecule has 1 amide bonds. The van der Waals surface area contributed by atoms with Crippen LogP contribution in [0, 0.1) is 5.92 Å². The average Bonchev–Trinajstić information content (AvgIpc) is 2.17. The summed E-state index contributed by atoms with van der Waals surface area (Å²) >= 11 is 0. The lowest BCUT2D eigenvalue weighted by molar-refractivity contribution is -0.120. The van der Waals surface area contributed by atoms with Crippen molar-refractivity contribution in [2.45, 2.75) is 39.2 Å². The third-order valence-corrected chi connectivity index (χ3v) is 3.16. The van der Waals surface area contributed by atoms with E-state index in [0.29, 0.717) is 18.5 Å². The van der Waals surface area contributed by atoms with Crippen LogP contribution < -0.4 is 11.1 Å². The summed E-state index contributed by atoms with van der Waals surface area (Å²) in [5.41, 5.74) is 5.60. The number of carbonyl (C=O) groups is 1. The van der Waals surface area contributed by atoms with Crippen LogP contribution in [0.1, 0.15) is 33.1 Å². The molecule has 1 fully saturated rings. The summed E-state index contributed by atoms with van der Waals surface area (Å²) in [5.74, 6) is 0.789. The molecule has 0 radical (unpaired) electrons. The predicted octanol–water partition coefficient (Wildman–Crippen LogP) is 0.572. The second kappa shape index (κ2) is 6.86. The number of carbonyl (C=O) groups excluding carboxylic acids is 1. The minimum atomic E-state index is 0.0786. The van der Waals surface area contributed by atoms with Crippen molar-refractivity contribution in [3.63, 3.8) is 0 Å². The fraction of sp³-hybridized carbons (Fsp3) is 0.917. The standard InChI is InChI=1S/C12H25N3O/c1-3-4-11-7-12(14-10(2)16)9-15(8-11)6-5-13/h11-12H,3-9,13H2,1-2H3,(H,14,16). The van der Waals surface area contributed by atoms with E-state index < -0.39 is 0 Å². The second-order valence-electron chi connectivity index (χ2n) is 4.84. The van der Waals surface area contributed by atoms with Crippen molar-refractivity contribution in [3.8, 4) is 0 Å². The van der Waals surface area contributed by atoms with Gasteiger partial charge in [0.05, 0.1) is 0 Å². The van der Waals surface area contributed by atoms with Crippen LogP contribution in [-0.4, -0.2) is 43.0 Å². The van der Waals surface area contributed by atoms with Crippen LogP contribution in [0.25, 0.3) is 0 Å². The molecule has 2 atom stereocenters. The number of hydrogen-bond donors (Lipinski definition) is 2. The number of nitrogens with two attached hydrogens (primary N) is 1. The van der Waals surface area contributed by atoms with Crippen LogP contribution in [0.4, 0.5) is 0 Å². The van der Waals surface area contributed by atoms with Crippen LogP contribution in [-0.2, 0) is 4.79 Å². The number of nitrogens with zero attached hydrogens (tertiary/aromatic N) is 1. The zero-order valence-corrected chi connectivity index (χ0v) is 10.5. The third kappa shape index (κ3) is 4.49. The lowest BCUT2D eigenvalue weighted by Gasteiger charge is -2.37. The molecule has 0 aromatic carbocycles. The van der Waals surface area contributed by atoms with E-state index in [1.807, 2.05) is 0 Å². The van der Waals surface area contributed by atoms with Gasteiger partial charge in [-0.25, -0.2) is 0 Å². The Hall–Kier alpha value is -0.610. The van der Waals surface area contributed by atoms with Gasteiger partial charge in [0.15, 0.2) is 0 Å². The fourth-order valence-electron chi connectivity index (χ4n) is 2.68. The summed E-state index contributed by atoms with van der Waals surface area (Å²) in [4.78, 5) is 13.5. The van der Waals surface area contributed by atoms with Crippen LogP contribution in [0.5, 0.6) is 0 Å². The molecule has 1 aliphatic rings. The number of rotatable bonds is 5. The molecule has 1 rings (SSSR count). The van der Waals surface area contributed by atoms with Crippen molar-refractivity contribution in [2.24, 2.45) is 11.7 Å². The van der Waals surface area contributed by atoms with Crippen molar-refractivity contribution >= 4 is 5.91 Å². The summed E-state index contributed by atoms with van der Waals surface area (Å²) in [6.07, 6.45) is 3.58. The normalized spacial score (nSPS) is 26.7. The molecule has 0 bridgehead atoms. The average molecular weight is 227 g/mol. The van der Waals surface area contributed by atoms with Gasteiger partial charge in [-0.3, -0.25) is 9.69 Å². The van der Waals surface area contributed by atoms with Crippen LogP contribution in [0.3, 0.4) is 0 Å². The Morgan fingerprint density at radius 2 is 2.25 bits per heavy atom. The van der Waals surface area contributed by atoms with Crippen LogP contribution in [0.2, 0.25) is 0 Å². The van der Waals surface area contributed by atoms with E-state index in [-0.39, 0.29) is 5.91 Å². The Bertz CT molecular complexity index is 206. The van der Waals surface area contributed by atoms with Gasteiger partial charge < -0.3 is 11.1 Å². The molecule has 0 aromatic rings. The summed E-state index contributed by atoms with van der Waals surface area (Å²) in [7, 11) is 0. The van der Waals surface area contributed by atoms with Crippen molar-refractivity contribution in [1.29, 1.82) is 0 Å². The van der Waals surface area contributed by atoms with Gasteiger partial charge in [0.1, 0.15) is 0 Å². The molecule has 1 saturated heterocycles. The largest absolute Gasteiger partial charge is 0.352 e. The van der Waals surface area contributed by atoms with E-state index >= 15 is 0 Å². The molecule has 0 spiro atoms. The summed E-state index contributed by atoms with van der Waals surface area (Å²) in [6.45, 7) is 7.55. The Balaban J connectivity index is 2.48. The Morgan fingerprint density at radius 1 is 1.50 bits per heavy atom. The highest BCUT2D eigenvalue weighted by molar-refractivity contribution is 5.73. The molecule has 2 unspecified atom stereocenters. The van der Waals surface area contributed by atoms with Crippen molar-refractivity contribution < 1.29 is 4.79 Å². The lowest BCUT2D eigenvalue weighted by atomic mass is 9.90. The lowest BCUT2D eigenvalue weighted by Crippen LogP contribution is -2.51.